The van der Waals surface area contributed by atoms with E-state index in [-0.39, 0.29) is 17.6 Å². The summed E-state index contributed by atoms with van der Waals surface area (Å²) in [6.07, 6.45) is 0. The lowest BCUT2D eigenvalue weighted by atomic mass is 10.3. The van der Waals surface area contributed by atoms with E-state index in [1.165, 1.54) is 6.07 Å². The normalized spacial score (nSPS) is 10.6. The highest BCUT2D eigenvalue weighted by Gasteiger charge is 2.09. The predicted molar refractivity (Wildman–Crippen MR) is 78.9 cm³/mol. The molecule has 0 amide bonds. The van der Waals surface area contributed by atoms with Crippen LogP contribution < -0.4 is 4.74 Å². The van der Waals surface area contributed by atoms with Gasteiger partial charge in [-0.15, -0.1) is 0 Å². The predicted octanol–water partition coefficient (Wildman–Crippen LogP) is 4.77. The molecular weight excluding hydrogens is 323 g/mol. The van der Waals surface area contributed by atoms with Crippen LogP contribution in [0.5, 0.6) is 11.6 Å². The molecule has 0 bridgehead atoms. The molecule has 0 aliphatic rings. The highest BCUT2D eigenvalue weighted by Crippen LogP contribution is 2.31. The SMILES string of the molecule is CCOCc1nc(Cl)cc(Oc2cc(Cl)ccc2Cl)n1. The Kier molecular flexibility index (Phi) is 5.43. The van der Waals surface area contributed by atoms with Crippen molar-refractivity contribution in [2.75, 3.05) is 6.61 Å². The first kappa shape index (κ1) is 15.3. The average Bonchev–Trinajstić information content (AvgIpc) is 2.40. The number of nitrogens with zero attached hydrogens (tertiary/aromatic N) is 2. The van der Waals surface area contributed by atoms with Crippen LogP contribution in [0.1, 0.15) is 12.7 Å². The van der Waals surface area contributed by atoms with Crippen LogP contribution in [0.2, 0.25) is 15.2 Å². The van der Waals surface area contributed by atoms with Gasteiger partial charge in [-0.3, -0.25) is 0 Å². The molecule has 0 saturated carbocycles. The Balaban J connectivity index is 2.24. The third-order valence-electron chi connectivity index (χ3n) is 2.26. The average molecular weight is 334 g/mol. The summed E-state index contributed by atoms with van der Waals surface area (Å²) in [5.41, 5.74) is 0. The Morgan fingerprint density at radius 3 is 2.65 bits per heavy atom. The first-order chi connectivity index (χ1) is 9.58. The highest BCUT2D eigenvalue weighted by molar-refractivity contribution is 6.34. The van der Waals surface area contributed by atoms with Gasteiger partial charge in [0.2, 0.25) is 5.88 Å². The molecule has 0 N–H and O–H groups in total. The summed E-state index contributed by atoms with van der Waals surface area (Å²) in [6.45, 7) is 2.70. The first-order valence-electron chi connectivity index (χ1n) is 5.82. The largest absolute Gasteiger partial charge is 0.437 e. The summed E-state index contributed by atoms with van der Waals surface area (Å²) < 4.78 is 10.8. The highest BCUT2D eigenvalue weighted by atomic mass is 35.5. The molecule has 20 heavy (non-hydrogen) atoms. The molecule has 0 spiro atoms. The minimum atomic E-state index is 0.261. The number of ether oxygens (including phenoxy) is 2. The second-order valence-corrected chi connectivity index (χ2v) is 4.99. The van der Waals surface area contributed by atoms with E-state index in [4.69, 9.17) is 44.3 Å². The van der Waals surface area contributed by atoms with Gasteiger partial charge >= 0.3 is 0 Å². The molecule has 0 radical (unpaired) electrons. The quantitative estimate of drug-likeness (QED) is 0.740. The van der Waals surface area contributed by atoms with Crippen LogP contribution in [0.15, 0.2) is 24.3 Å². The minimum Gasteiger partial charge on any atom is -0.437 e. The van der Waals surface area contributed by atoms with Gasteiger partial charge in [-0.1, -0.05) is 34.8 Å². The van der Waals surface area contributed by atoms with E-state index >= 15 is 0 Å². The Morgan fingerprint density at radius 1 is 1.10 bits per heavy atom. The zero-order chi connectivity index (χ0) is 14.5. The van der Waals surface area contributed by atoms with Gasteiger partial charge in [0.25, 0.3) is 0 Å². The lowest BCUT2D eigenvalue weighted by Crippen LogP contribution is -2.01. The first-order valence-corrected chi connectivity index (χ1v) is 6.96. The summed E-state index contributed by atoms with van der Waals surface area (Å²) >= 11 is 17.8. The smallest absolute Gasteiger partial charge is 0.224 e. The van der Waals surface area contributed by atoms with E-state index < -0.39 is 0 Å². The van der Waals surface area contributed by atoms with Crippen molar-refractivity contribution >= 4 is 34.8 Å². The fraction of sp³-hybridized carbons (Fsp3) is 0.231. The zero-order valence-electron chi connectivity index (χ0n) is 10.6. The van der Waals surface area contributed by atoms with Crippen LogP contribution in [0, 0.1) is 0 Å². The number of hydrogen-bond donors (Lipinski definition) is 0. The van der Waals surface area contributed by atoms with Gasteiger partial charge in [0.05, 0.1) is 5.02 Å². The second kappa shape index (κ2) is 7.09. The summed E-state index contributed by atoms with van der Waals surface area (Å²) in [4.78, 5) is 8.24. The fourth-order valence-corrected chi connectivity index (χ4v) is 1.93. The van der Waals surface area contributed by atoms with Crippen molar-refractivity contribution in [1.29, 1.82) is 0 Å². The lowest BCUT2D eigenvalue weighted by Gasteiger charge is -2.08. The van der Waals surface area contributed by atoms with Crippen LogP contribution in [-0.2, 0) is 11.3 Å². The van der Waals surface area contributed by atoms with Crippen LogP contribution in [-0.4, -0.2) is 16.6 Å². The van der Waals surface area contributed by atoms with Gasteiger partial charge in [0, 0.05) is 23.8 Å². The van der Waals surface area contributed by atoms with Gasteiger partial charge in [-0.2, -0.15) is 4.98 Å². The molecule has 7 heteroatoms. The summed E-state index contributed by atoms with van der Waals surface area (Å²) in [7, 11) is 0. The number of rotatable bonds is 5. The number of benzene rings is 1. The van der Waals surface area contributed by atoms with E-state index in [0.29, 0.717) is 28.2 Å². The molecule has 0 atom stereocenters. The number of aromatic nitrogens is 2. The molecule has 2 rings (SSSR count). The van der Waals surface area contributed by atoms with E-state index in [9.17, 15) is 0 Å². The summed E-state index contributed by atoms with van der Waals surface area (Å²) in [5.74, 6) is 1.12. The van der Waals surface area contributed by atoms with Crippen LogP contribution in [0.25, 0.3) is 0 Å². The fourth-order valence-electron chi connectivity index (χ4n) is 1.42. The van der Waals surface area contributed by atoms with E-state index in [1.54, 1.807) is 18.2 Å². The van der Waals surface area contributed by atoms with E-state index in [0.717, 1.165) is 0 Å². The third-order valence-corrected chi connectivity index (χ3v) is 3.00. The number of halogens is 3. The van der Waals surface area contributed by atoms with Gasteiger partial charge in [-0.25, -0.2) is 4.98 Å². The van der Waals surface area contributed by atoms with Crippen molar-refractivity contribution in [2.24, 2.45) is 0 Å². The Labute approximate surface area is 131 Å². The number of hydrogen-bond acceptors (Lipinski definition) is 4. The van der Waals surface area contributed by atoms with Crippen molar-refractivity contribution in [3.05, 3.63) is 45.3 Å². The molecular formula is C13H11Cl3N2O2. The topological polar surface area (TPSA) is 44.2 Å². The Bertz CT molecular complexity index is 608. The Morgan fingerprint density at radius 2 is 1.90 bits per heavy atom. The molecule has 1 aromatic heterocycles. The molecule has 0 aliphatic heterocycles. The van der Waals surface area contributed by atoms with Gasteiger partial charge in [0.15, 0.2) is 5.82 Å². The summed E-state index contributed by atoms with van der Waals surface area (Å²) in [5, 5.41) is 1.21. The maximum atomic E-state index is 6.02. The van der Waals surface area contributed by atoms with E-state index in [1.807, 2.05) is 6.92 Å². The second-order valence-electron chi connectivity index (χ2n) is 3.76. The maximum absolute atomic E-state index is 6.02. The summed E-state index contributed by atoms with van der Waals surface area (Å²) in [6, 6.07) is 6.41. The molecule has 0 saturated heterocycles. The standard InChI is InChI=1S/C13H11Cl3N2O2/c1-2-19-7-12-17-11(16)6-13(18-12)20-10-5-8(14)3-4-9(10)15/h3-6H,2,7H2,1H3. The Hall–Kier alpha value is -1.07. The molecule has 106 valence electrons. The van der Waals surface area contributed by atoms with Crippen molar-refractivity contribution in [2.45, 2.75) is 13.5 Å². The molecule has 4 nitrogen and oxygen atoms in total. The molecule has 0 unspecified atom stereocenters. The molecule has 0 fully saturated rings. The molecule has 1 aromatic carbocycles. The van der Waals surface area contributed by atoms with Crippen LogP contribution in [0.4, 0.5) is 0 Å². The zero-order valence-corrected chi connectivity index (χ0v) is 12.8. The van der Waals surface area contributed by atoms with Crippen LogP contribution >= 0.6 is 34.8 Å². The van der Waals surface area contributed by atoms with Crippen LogP contribution in [0.3, 0.4) is 0 Å². The van der Waals surface area contributed by atoms with Crippen molar-refractivity contribution in [3.63, 3.8) is 0 Å². The van der Waals surface area contributed by atoms with Gasteiger partial charge < -0.3 is 9.47 Å². The molecule has 1 heterocycles. The molecule has 2 aromatic rings. The molecule has 0 aliphatic carbocycles. The van der Waals surface area contributed by atoms with Crippen molar-refractivity contribution < 1.29 is 9.47 Å². The van der Waals surface area contributed by atoms with Gasteiger partial charge in [-0.05, 0) is 19.1 Å². The maximum Gasteiger partial charge on any atom is 0.224 e. The monoisotopic (exact) mass is 332 g/mol. The van der Waals surface area contributed by atoms with Crippen molar-refractivity contribution in [3.8, 4) is 11.6 Å². The van der Waals surface area contributed by atoms with Crippen molar-refractivity contribution in [1.82, 2.24) is 9.97 Å². The van der Waals surface area contributed by atoms with E-state index in [2.05, 4.69) is 9.97 Å². The van der Waals surface area contributed by atoms with Gasteiger partial charge in [0.1, 0.15) is 17.5 Å². The third kappa shape index (κ3) is 4.21. The minimum absolute atomic E-state index is 0.261. The lowest BCUT2D eigenvalue weighted by molar-refractivity contribution is 0.128.